The number of aromatic amines is 1. The number of aromatic nitrogens is 6. The van der Waals surface area contributed by atoms with Crippen molar-refractivity contribution in [2.45, 2.75) is 95.5 Å². The van der Waals surface area contributed by atoms with Gasteiger partial charge in [-0.2, -0.15) is 14.9 Å². The lowest BCUT2D eigenvalue weighted by molar-refractivity contribution is -0.139. The molecule has 0 aliphatic carbocycles. The highest BCUT2D eigenvalue weighted by molar-refractivity contribution is 6.34. The number of hydrogen-bond donors (Lipinski definition) is 8. The molecule has 9 aromatic rings. The number of rotatable bonds is 9. The fourth-order valence-electron chi connectivity index (χ4n) is 13.3. The number of nitrogens with one attached hydrogen (secondary N) is 4. The smallest absolute Gasteiger partial charge is 0.311 e. The van der Waals surface area contributed by atoms with Gasteiger partial charge in [0.25, 0.3) is 11.8 Å². The number of benzene rings is 6. The van der Waals surface area contributed by atoms with E-state index in [0.29, 0.717) is 84.5 Å². The lowest BCUT2D eigenvalue weighted by Gasteiger charge is -2.29. The number of carboxylic acids is 1. The predicted octanol–water partition coefficient (Wildman–Crippen LogP) is 11.7. The zero-order chi connectivity index (χ0) is 63.1. The summed E-state index contributed by atoms with van der Waals surface area (Å²) >= 11 is 18.6. The second-order valence-corrected chi connectivity index (χ2v) is 25.0. The molecule has 0 spiro atoms. The third kappa shape index (κ3) is 14.0. The standard InChI is InChI=1S/2C23H24ClN5O.C13H16N4.C10H10ClNO2/c24-19-8-4-7-16-17(9-11-26-21(16)19)23(30)29-20-14-28(12-10-18(20)22(25)27-29)13-15-5-2-1-3-6-15;24-19-8-4-7-16-17(9-11-26-21(16)19)23(30)29-22(25)18-10-12-28(14-20(18)27-29)13-15-5-2-1-3-6-15;14-13-11-6-7-17(9-12(11)15-16-13)8-10-4-2-1-3-5-10;11-8-3-1-2-6-7(10(13)14)4-5-12-9(6)8/h1-8,17,26H,9-14H2,(H2,25,27);1-8,17,26H,9-14,25H2;1-5H,6-9H2,(H3,14,15,16);1-3,7,12H,4-5H2,(H,13,14). The summed E-state index contributed by atoms with van der Waals surface area (Å²) in [6.07, 6.45) is 4.60. The molecule has 6 aliphatic heterocycles. The highest BCUT2D eigenvalue weighted by Gasteiger charge is 2.36. The molecular weight excluding hydrogens is 1210 g/mol. The van der Waals surface area contributed by atoms with E-state index < -0.39 is 11.9 Å². The van der Waals surface area contributed by atoms with Crippen LogP contribution in [0.25, 0.3) is 0 Å². The van der Waals surface area contributed by atoms with E-state index in [1.807, 2.05) is 60.7 Å². The van der Waals surface area contributed by atoms with E-state index in [-0.39, 0.29) is 23.7 Å². The van der Waals surface area contributed by atoms with Gasteiger partial charge in [0.1, 0.15) is 17.5 Å². The maximum absolute atomic E-state index is 13.6. The van der Waals surface area contributed by atoms with E-state index in [4.69, 9.17) is 57.1 Å². The maximum Gasteiger partial charge on any atom is 0.311 e. The number of nitrogens with two attached hydrogens (primary N) is 3. The first-order valence-corrected chi connectivity index (χ1v) is 32.1. The number of anilines is 6. The summed E-state index contributed by atoms with van der Waals surface area (Å²) < 4.78 is 2.99. The molecule has 0 radical (unpaired) electrons. The van der Waals surface area contributed by atoms with Crippen LogP contribution in [-0.4, -0.2) is 107 Å². The summed E-state index contributed by atoms with van der Waals surface area (Å²) in [5, 5.41) is 36.8. The number of aliphatic carboxylic acids is 1. The monoisotopic (exact) mass is 1280 g/mol. The highest BCUT2D eigenvalue weighted by atomic mass is 35.5. The van der Waals surface area contributed by atoms with Gasteiger partial charge in [0, 0.05) is 95.2 Å². The molecule has 9 heterocycles. The van der Waals surface area contributed by atoms with Crippen LogP contribution in [-0.2, 0) is 63.3 Å². The SMILES string of the molecule is Nc1c2c(nn1C(=O)C1CCNc3c(Cl)cccc31)CN(Cc1ccccc1)CC2.Nc1n[nH]c2c1CCN(Cc1ccccc1)C2.Nc1nn(C(=O)C2CCNc3c(Cl)cccc32)c2c1CCN(Cc1ccccc1)C2.O=C(O)C1CCNc2c(Cl)cccc21. The molecule has 6 aliphatic rings. The number of carbonyl (C=O) groups excluding carboxylic acids is 2. The molecule has 11 N–H and O–H groups in total. The second-order valence-electron chi connectivity index (χ2n) is 23.8. The largest absolute Gasteiger partial charge is 0.481 e. The van der Waals surface area contributed by atoms with Crippen molar-refractivity contribution in [1.82, 2.24) is 44.5 Å². The number of halogens is 3. The molecule has 0 bridgehead atoms. The summed E-state index contributed by atoms with van der Waals surface area (Å²) in [6, 6.07) is 48.1. The van der Waals surface area contributed by atoms with Gasteiger partial charge >= 0.3 is 5.97 Å². The first-order valence-electron chi connectivity index (χ1n) is 31.0. The Morgan fingerprint density at radius 2 is 0.912 bits per heavy atom. The molecule has 3 unspecified atom stereocenters. The molecule has 22 heteroatoms. The maximum atomic E-state index is 13.6. The third-order valence-electron chi connectivity index (χ3n) is 17.9. The summed E-state index contributed by atoms with van der Waals surface area (Å²) in [6.45, 7) is 9.86. The zero-order valence-electron chi connectivity index (χ0n) is 50.4. The summed E-state index contributed by atoms with van der Waals surface area (Å²) in [4.78, 5) is 45.1. The van der Waals surface area contributed by atoms with Gasteiger partial charge in [-0.1, -0.05) is 162 Å². The number of hydrogen-bond acceptors (Lipinski definition) is 15. The zero-order valence-corrected chi connectivity index (χ0v) is 52.7. The van der Waals surface area contributed by atoms with Crippen LogP contribution in [0.5, 0.6) is 0 Å². The Labute approximate surface area is 543 Å². The van der Waals surface area contributed by atoms with E-state index >= 15 is 0 Å². The molecular formula is C69H74Cl3N15O4. The van der Waals surface area contributed by atoms with Gasteiger partial charge in [-0.25, -0.2) is 4.68 Å². The molecule has 0 fully saturated rings. The number of fused-ring (bicyclic) bond motifs is 6. The van der Waals surface area contributed by atoms with Crippen molar-refractivity contribution in [2.24, 2.45) is 0 Å². The minimum Gasteiger partial charge on any atom is -0.481 e. The molecule has 91 heavy (non-hydrogen) atoms. The van der Waals surface area contributed by atoms with Crippen molar-refractivity contribution in [3.63, 3.8) is 0 Å². The summed E-state index contributed by atoms with van der Waals surface area (Å²) in [5.41, 5.74) is 33.6. The average Bonchev–Trinajstić information content (AvgIpc) is 1.96. The first kappa shape index (κ1) is 62.5. The Bertz CT molecular complexity index is 4060. The van der Waals surface area contributed by atoms with Crippen molar-refractivity contribution in [3.05, 3.63) is 228 Å². The number of carbonyl (C=O) groups is 3. The highest BCUT2D eigenvalue weighted by Crippen LogP contribution is 2.41. The van der Waals surface area contributed by atoms with Gasteiger partial charge in [0.2, 0.25) is 0 Å². The van der Waals surface area contributed by atoms with Crippen LogP contribution in [0.15, 0.2) is 146 Å². The van der Waals surface area contributed by atoms with E-state index in [0.717, 1.165) is 121 Å². The van der Waals surface area contributed by atoms with Crippen LogP contribution in [0.4, 0.5) is 34.5 Å². The van der Waals surface area contributed by atoms with E-state index in [9.17, 15) is 14.4 Å². The van der Waals surface area contributed by atoms with Crippen LogP contribution in [0.3, 0.4) is 0 Å². The quantitative estimate of drug-likeness (QED) is 0.0668. The van der Waals surface area contributed by atoms with E-state index in [1.54, 1.807) is 16.8 Å². The molecule has 0 saturated carbocycles. The summed E-state index contributed by atoms with van der Waals surface area (Å²) in [7, 11) is 0. The van der Waals surface area contributed by atoms with Crippen molar-refractivity contribution in [2.75, 3.05) is 72.4 Å². The normalized spacial score (nSPS) is 18.1. The molecule has 3 atom stereocenters. The molecule has 15 rings (SSSR count). The molecule has 0 saturated heterocycles. The number of nitrogen functional groups attached to an aromatic ring is 3. The van der Waals surface area contributed by atoms with Gasteiger partial charge in [-0.15, -0.1) is 5.10 Å². The van der Waals surface area contributed by atoms with Gasteiger partial charge in [-0.3, -0.25) is 34.2 Å². The van der Waals surface area contributed by atoms with Crippen LogP contribution in [0.2, 0.25) is 15.1 Å². The predicted molar refractivity (Wildman–Crippen MR) is 360 cm³/mol. The lowest BCUT2D eigenvalue weighted by Crippen LogP contribution is -2.34. The Morgan fingerprint density at radius 3 is 1.41 bits per heavy atom. The van der Waals surface area contributed by atoms with Gasteiger partial charge in [0.05, 0.1) is 67.0 Å². The van der Waals surface area contributed by atoms with Crippen LogP contribution >= 0.6 is 34.8 Å². The minimum absolute atomic E-state index is 0.0328. The van der Waals surface area contributed by atoms with E-state index in [2.05, 4.69) is 124 Å². The van der Waals surface area contributed by atoms with Gasteiger partial charge in [0.15, 0.2) is 0 Å². The molecule has 470 valence electrons. The van der Waals surface area contributed by atoms with Crippen molar-refractivity contribution < 1.29 is 19.5 Å². The number of H-pyrrole nitrogens is 1. The lowest BCUT2D eigenvalue weighted by atomic mass is 9.90. The fourth-order valence-corrected chi connectivity index (χ4v) is 14.0. The van der Waals surface area contributed by atoms with Crippen LogP contribution in [0.1, 0.15) is 114 Å². The van der Waals surface area contributed by atoms with Crippen molar-refractivity contribution >= 4 is 87.1 Å². The van der Waals surface area contributed by atoms with Crippen molar-refractivity contribution in [3.8, 4) is 0 Å². The Hall–Kier alpha value is -8.69. The second kappa shape index (κ2) is 28.2. The van der Waals surface area contributed by atoms with Crippen LogP contribution in [0, 0.1) is 0 Å². The molecule has 6 aromatic carbocycles. The Morgan fingerprint density at radius 1 is 0.484 bits per heavy atom. The number of para-hydroxylation sites is 3. The fraction of sp³-hybridized carbons (Fsp3) is 0.304. The summed E-state index contributed by atoms with van der Waals surface area (Å²) in [5.74, 6) is -0.290. The minimum atomic E-state index is -0.782. The number of nitrogens with zero attached hydrogens (tertiary/aromatic N) is 8. The average molecular weight is 1280 g/mol. The van der Waals surface area contributed by atoms with Crippen LogP contribution < -0.4 is 33.2 Å². The number of carboxylic acid groups (broad SMARTS) is 1. The van der Waals surface area contributed by atoms with Crippen molar-refractivity contribution in [1.29, 1.82) is 0 Å². The Kier molecular flexibility index (Phi) is 19.4. The van der Waals surface area contributed by atoms with Gasteiger partial charge < -0.3 is 38.3 Å². The van der Waals surface area contributed by atoms with E-state index in [1.165, 1.54) is 32.6 Å². The van der Waals surface area contributed by atoms with Gasteiger partial charge in [-0.05, 0) is 90.1 Å². The topological polar surface area (TPSA) is 260 Å². The molecule has 0 amide bonds. The Balaban J connectivity index is 0.000000123. The molecule has 3 aromatic heterocycles. The first-order chi connectivity index (χ1) is 44.3. The molecule has 19 nitrogen and oxygen atoms in total. The third-order valence-corrected chi connectivity index (χ3v) is 18.8.